The fraction of sp³-hybridized carbons (Fsp3) is 0.250. The minimum Gasteiger partial charge on any atom is -0.481 e. The molecule has 3 rings (SSSR count). The molecule has 1 N–H and O–H groups in total. The molecule has 0 spiro atoms. The maximum atomic E-state index is 11.3. The summed E-state index contributed by atoms with van der Waals surface area (Å²) in [5, 5.41) is 9.27. The molecule has 1 aliphatic rings. The van der Waals surface area contributed by atoms with E-state index in [1.54, 1.807) is 0 Å². The molecule has 0 saturated carbocycles. The molecule has 0 bridgehead atoms. The lowest BCUT2D eigenvalue weighted by atomic mass is 9.85. The average Bonchev–Trinajstić information content (AvgIpc) is 2.46. The van der Waals surface area contributed by atoms with E-state index in [2.05, 4.69) is 20.9 Å². The van der Waals surface area contributed by atoms with Crippen LogP contribution in [0.4, 0.5) is 0 Å². The van der Waals surface area contributed by atoms with Crippen molar-refractivity contribution in [2.24, 2.45) is 0 Å². The lowest BCUT2D eigenvalue weighted by molar-refractivity contribution is -0.139. The van der Waals surface area contributed by atoms with Crippen LogP contribution >= 0.6 is 15.9 Å². The number of hydrogen-bond donors (Lipinski definition) is 1. The van der Waals surface area contributed by atoms with Crippen LogP contribution in [0.2, 0.25) is 0 Å². The summed E-state index contributed by atoms with van der Waals surface area (Å²) in [5.41, 5.74) is 3.75. The van der Waals surface area contributed by atoms with Gasteiger partial charge in [-0.2, -0.15) is 0 Å². The summed E-state index contributed by atoms with van der Waals surface area (Å²) < 4.78 is 1.01. The van der Waals surface area contributed by atoms with Gasteiger partial charge in [0.1, 0.15) is 0 Å². The molecule has 1 unspecified atom stereocenters. The lowest BCUT2D eigenvalue weighted by Gasteiger charge is -2.22. The van der Waals surface area contributed by atoms with E-state index >= 15 is 0 Å². The first-order chi connectivity index (χ1) is 9.65. The summed E-state index contributed by atoms with van der Waals surface area (Å²) in [4.78, 5) is 16.0. The van der Waals surface area contributed by atoms with Gasteiger partial charge in [-0.25, -0.2) is 0 Å². The summed E-state index contributed by atoms with van der Waals surface area (Å²) in [7, 11) is 0. The first-order valence-electron chi connectivity index (χ1n) is 6.64. The number of carboxylic acids is 1. The van der Waals surface area contributed by atoms with Crippen LogP contribution in [0.15, 0.2) is 40.9 Å². The molecule has 102 valence electrons. The molecule has 0 radical (unpaired) electrons. The summed E-state index contributed by atoms with van der Waals surface area (Å²) in [6.07, 6.45) is 2.46. The molecule has 1 heterocycles. The molecule has 4 heteroatoms. The fourth-order valence-corrected chi connectivity index (χ4v) is 3.12. The van der Waals surface area contributed by atoms with Gasteiger partial charge in [0.05, 0.1) is 11.6 Å². The Bertz CT molecular complexity index is 669. The maximum Gasteiger partial charge on any atom is 0.311 e. The highest BCUT2D eigenvalue weighted by atomic mass is 79.9. The first-order valence-corrected chi connectivity index (χ1v) is 7.43. The van der Waals surface area contributed by atoms with E-state index in [4.69, 9.17) is 0 Å². The number of aryl methyl sites for hydroxylation is 1. The van der Waals surface area contributed by atoms with Crippen LogP contribution in [0.5, 0.6) is 0 Å². The third kappa shape index (κ3) is 2.48. The van der Waals surface area contributed by atoms with Crippen LogP contribution in [0.25, 0.3) is 11.3 Å². The van der Waals surface area contributed by atoms with Gasteiger partial charge in [-0.3, -0.25) is 9.78 Å². The largest absolute Gasteiger partial charge is 0.481 e. The monoisotopic (exact) mass is 331 g/mol. The van der Waals surface area contributed by atoms with Crippen LogP contribution in [-0.4, -0.2) is 16.1 Å². The molecule has 0 fully saturated rings. The Balaban J connectivity index is 2.03. The van der Waals surface area contributed by atoms with Crippen LogP contribution in [-0.2, 0) is 11.2 Å². The molecule has 3 nitrogen and oxygen atoms in total. The Morgan fingerprint density at radius 1 is 1.30 bits per heavy atom. The van der Waals surface area contributed by atoms with Crippen molar-refractivity contribution in [1.82, 2.24) is 4.98 Å². The number of nitrogens with zero attached hydrogens (tertiary/aromatic N) is 1. The van der Waals surface area contributed by atoms with Crippen LogP contribution in [0.1, 0.15) is 30.0 Å². The molecular formula is C16H14BrNO2. The normalized spacial score (nSPS) is 17.6. The fourth-order valence-electron chi connectivity index (χ4n) is 2.72. The van der Waals surface area contributed by atoms with Gasteiger partial charge in [-0.1, -0.05) is 34.1 Å². The Kier molecular flexibility index (Phi) is 3.57. The third-order valence-corrected chi connectivity index (χ3v) is 4.20. The Hall–Kier alpha value is -1.68. The van der Waals surface area contributed by atoms with Crippen LogP contribution in [0.3, 0.4) is 0 Å². The van der Waals surface area contributed by atoms with Crippen molar-refractivity contribution in [3.05, 3.63) is 52.1 Å². The summed E-state index contributed by atoms with van der Waals surface area (Å²) in [6.45, 7) is 0. The van der Waals surface area contributed by atoms with E-state index in [-0.39, 0.29) is 0 Å². The molecule has 1 aromatic heterocycles. The zero-order valence-electron chi connectivity index (χ0n) is 10.8. The highest BCUT2D eigenvalue weighted by Crippen LogP contribution is 2.32. The van der Waals surface area contributed by atoms with E-state index in [0.29, 0.717) is 6.42 Å². The molecule has 20 heavy (non-hydrogen) atoms. The van der Waals surface area contributed by atoms with Gasteiger partial charge in [0.15, 0.2) is 0 Å². The molecule has 0 aliphatic heterocycles. The highest BCUT2D eigenvalue weighted by Gasteiger charge is 2.27. The number of pyridine rings is 1. The van der Waals surface area contributed by atoms with Gasteiger partial charge in [-0.15, -0.1) is 0 Å². The van der Waals surface area contributed by atoms with Gasteiger partial charge in [0.25, 0.3) is 0 Å². The SMILES string of the molecule is O=C(O)C1CCCc2nc(-c3cccc(Br)c3)ccc21. The quantitative estimate of drug-likeness (QED) is 0.904. The number of hydrogen-bond acceptors (Lipinski definition) is 2. The topological polar surface area (TPSA) is 50.2 Å². The number of halogens is 1. The minimum absolute atomic E-state index is 0.400. The third-order valence-electron chi connectivity index (χ3n) is 3.71. The van der Waals surface area contributed by atoms with Crippen LogP contribution in [0, 0.1) is 0 Å². The highest BCUT2D eigenvalue weighted by molar-refractivity contribution is 9.10. The number of carboxylic acid groups (broad SMARTS) is 1. The number of fused-ring (bicyclic) bond motifs is 1. The molecule has 0 amide bonds. The minimum atomic E-state index is -0.747. The first kappa shape index (κ1) is 13.3. The molecule has 2 aromatic rings. The van der Waals surface area contributed by atoms with Gasteiger partial charge in [0.2, 0.25) is 0 Å². The molecule has 1 aliphatic carbocycles. The van der Waals surface area contributed by atoms with Crippen molar-refractivity contribution in [3.63, 3.8) is 0 Å². The second kappa shape index (κ2) is 5.37. The molecule has 0 saturated heterocycles. The standard InChI is InChI=1S/C16H14BrNO2/c17-11-4-1-3-10(9-11)14-8-7-12-13(16(19)20)5-2-6-15(12)18-14/h1,3-4,7-9,13H,2,5-6H2,(H,19,20). The van der Waals surface area contributed by atoms with Crippen molar-refractivity contribution >= 4 is 21.9 Å². The lowest BCUT2D eigenvalue weighted by Crippen LogP contribution is -2.19. The van der Waals surface area contributed by atoms with Crippen molar-refractivity contribution in [3.8, 4) is 11.3 Å². The predicted molar refractivity (Wildman–Crippen MR) is 80.7 cm³/mol. The molecule has 1 aromatic carbocycles. The average molecular weight is 332 g/mol. The van der Waals surface area contributed by atoms with Gasteiger partial charge >= 0.3 is 5.97 Å². The van der Waals surface area contributed by atoms with Gasteiger partial charge in [-0.05, 0) is 43.0 Å². The second-order valence-corrected chi connectivity index (χ2v) is 5.94. The Labute approximate surface area is 125 Å². The zero-order chi connectivity index (χ0) is 14.1. The Morgan fingerprint density at radius 3 is 2.90 bits per heavy atom. The number of carbonyl (C=O) groups is 1. The summed E-state index contributed by atoms with van der Waals surface area (Å²) in [5.74, 6) is -1.15. The van der Waals surface area contributed by atoms with Crippen molar-refractivity contribution in [2.75, 3.05) is 0 Å². The maximum absolute atomic E-state index is 11.3. The summed E-state index contributed by atoms with van der Waals surface area (Å²) in [6, 6.07) is 11.8. The second-order valence-electron chi connectivity index (χ2n) is 5.03. The van der Waals surface area contributed by atoms with Crippen LogP contribution < -0.4 is 0 Å². The number of rotatable bonds is 2. The molecule has 1 atom stereocenters. The smallest absolute Gasteiger partial charge is 0.311 e. The van der Waals surface area contributed by atoms with Crippen molar-refractivity contribution in [1.29, 1.82) is 0 Å². The van der Waals surface area contributed by atoms with Gasteiger partial charge in [0, 0.05) is 15.7 Å². The van der Waals surface area contributed by atoms with Crippen molar-refractivity contribution in [2.45, 2.75) is 25.2 Å². The van der Waals surface area contributed by atoms with E-state index in [0.717, 1.165) is 39.8 Å². The number of aliphatic carboxylic acids is 1. The van der Waals surface area contributed by atoms with E-state index in [9.17, 15) is 9.90 Å². The van der Waals surface area contributed by atoms with Gasteiger partial charge < -0.3 is 5.11 Å². The Morgan fingerprint density at radius 2 is 2.15 bits per heavy atom. The van der Waals surface area contributed by atoms with E-state index < -0.39 is 11.9 Å². The number of benzene rings is 1. The van der Waals surface area contributed by atoms with Crippen molar-refractivity contribution < 1.29 is 9.90 Å². The van der Waals surface area contributed by atoms with E-state index in [1.165, 1.54) is 0 Å². The predicted octanol–water partition coefficient (Wildman–Crippen LogP) is 4.02. The molecular weight excluding hydrogens is 318 g/mol. The summed E-state index contributed by atoms with van der Waals surface area (Å²) >= 11 is 3.46. The zero-order valence-corrected chi connectivity index (χ0v) is 12.4. The number of aromatic nitrogens is 1. The van der Waals surface area contributed by atoms with E-state index in [1.807, 2.05) is 36.4 Å².